The number of hydrogen-bond donors (Lipinski definition) is 7. The van der Waals surface area contributed by atoms with Crippen molar-refractivity contribution >= 4 is 54.1 Å². The van der Waals surface area contributed by atoms with Gasteiger partial charge in [0.2, 0.25) is 17.7 Å². The second kappa shape index (κ2) is 15.2. The van der Waals surface area contributed by atoms with Gasteiger partial charge in [-0.2, -0.15) is 24.4 Å². The third-order valence-corrected chi connectivity index (χ3v) is 5.72. The van der Waals surface area contributed by atoms with Crippen LogP contribution in [0.4, 0.5) is 0 Å². The molecule has 7 N–H and O–H groups in total. The Morgan fingerprint density at radius 2 is 1.50 bits per heavy atom. The second-order valence-corrected chi connectivity index (χ2v) is 8.73. The standard InChI is InChI=1S/C21H30N4O7S2/c1-34-8-7-14(21(31)32)23-20(30)16(10-17(26)27)25-19(29)15(24-18(28)13(22)11-33)9-12-5-3-2-4-6-12/h2-6,13-16,33H,7-11,22H2,1H3,(H,23,30)(H,24,28)(H,25,29)(H,26,27)(H,31,32). The maximum absolute atomic E-state index is 13.0. The van der Waals surface area contributed by atoms with Crippen LogP contribution in [0.3, 0.4) is 0 Å². The highest BCUT2D eigenvalue weighted by Crippen LogP contribution is 2.07. The number of benzene rings is 1. The Morgan fingerprint density at radius 3 is 2.03 bits per heavy atom. The number of nitrogens with one attached hydrogen (secondary N) is 3. The maximum atomic E-state index is 13.0. The van der Waals surface area contributed by atoms with Crippen LogP contribution in [-0.2, 0) is 30.4 Å². The highest BCUT2D eigenvalue weighted by molar-refractivity contribution is 7.98. The summed E-state index contributed by atoms with van der Waals surface area (Å²) in [6.45, 7) is 0. The van der Waals surface area contributed by atoms with E-state index >= 15 is 0 Å². The lowest BCUT2D eigenvalue weighted by Gasteiger charge is -2.24. The van der Waals surface area contributed by atoms with Crippen molar-refractivity contribution in [2.75, 3.05) is 17.8 Å². The van der Waals surface area contributed by atoms with E-state index in [-0.39, 0.29) is 18.6 Å². The summed E-state index contributed by atoms with van der Waals surface area (Å²) in [6.07, 6.45) is 1.15. The Labute approximate surface area is 207 Å². The molecule has 0 spiro atoms. The minimum atomic E-state index is -1.56. The molecule has 0 heterocycles. The number of carbonyl (C=O) groups excluding carboxylic acids is 3. The third-order valence-electron chi connectivity index (χ3n) is 4.69. The van der Waals surface area contributed by atoms with Crippen LogP contribution in [-0.4, -0.2) is 81.8 Å². The lowest BCUT2D eigenvalue weighted by atomic mass is 10.0. The van der Waals surface area contributed by atoms with Crippen LogP contribution in [0.25, 0.3) is 0 Å². The SMILES string of the molecule is CSCCC(NC(=O)C(CC(=O)O)NC(=O)C(Cc1ccccc1)NC(=O)C(N)CS)C(=O)O. The van der Waals surface area contributed by atoms with E-state index in [1.165, 1.54) is 11.8 Å². The number of carboxylic acid groups (broad SMARTS) is 2. The van der Waals surface area contributed by atoms with E-state index in [9.17, 15) is 34.2 Å². The summed E-state index contributed by atoms with van der Waals surface area (Å²) >= 11 is 5.35. The summed E-state index contributed by atoms with van der Waals surface area (Å²) < 4.78 is 0. The van der Waals surface area contributed by atoms with E-state index in [4.69, 9.17) is 5.73 Å². The van der Waals surface area contributed by atoms with Crippen molar-refractivity contribution in [2.45, 2.75) is 43.4 Å². The predicted octanol–water partition coefficient (Wildman–Crippen LogP) is -0.747. The van der Waals surface area contributed by atoms with Crippen LogP contribution in [0.5, 0.6) is 0 Å². The molecule has 4 atom stereocenters. The van der Waals surface area contributed by atoms with Crippen LogP contribution in [0, 0.1) is 0 Å². The van der Waals surface area contributed by atoms with Gasteiger partial charge < -0.3 is 31.9 Å². The second-order valence-electron chi connectivity index (χ2n) is 7.38. The molecule has 0 bridgehead atoms. The van der Waals surface area contributed by atoms with Crippen molar-refractivity contribution in [1.29, 1.82) is 0 Å². The molecule has 0 aromatic heterocycles. The van der Waals surface area contributed by atoms with E-state index in [1.807, 2.05) is 0 Å². The number of thiol groups is 1. The van der Waals surface area contributed by atoms with Crippen LogP contribution < -0.4 is 21.7 Å². The summed E-state index contributed by atoms with van der Waals surface area (Å²) in [7, 11) is 0. The van der Waals surface area contributed by atoms with Crippen molar-refractivity contribution in [1.82, 2.24) is 16.0 Å². The normalized spacial score (nSPS) is 14.2. The fourth-order valence-corrected chi connectivity index (χ4v) is 3.48. The van der Waals surface area contributed by atoms with Gasteiger partial charge in [0.25, 0.3) is 0 Å². The van der Waals surface area contributed by atoms with Gasteiger partial charge in [0.05, 0.1) is 12.5 Å². The van der Waals surface area contributed by atoms with Gasteiger partial charge in [-0.1, -0.05) is 30.3 Å². The van der Waals surface area contributed by atoms with Crippen molar-refractivity contribution in [3.05, 3.63) is 35.9 Å². The lowest BCUT2D eigenvalue weighted by molar-refractivity contribution is -0.143. The first kappa shape index (κ1) is 29.3. The van der Waals surface area contributed by atoms with Crippen molar-refractivity contribution in [2.24, 2.45) is 5.73 Å². The molecule has 11 nitrogen and oxygen atoms in total. The number of amides is 3. The molecule has 34 heavy (non-hydrogen) atoms. The average molecular weight is 515 g/mol. The Bertz CT molecular complexity index is 857. The fraction of sp³-hybridized carbons (Fsp3) is 0.476. The number of carboxylic acids is 2. The predicted molar refractivity (Wildman–Crippen MR) is 131 cm³/mol. The molecule has 0 radical (unpaired) electrons. The highest BCUT2D eigenvalue weighted by Gasteiger charge is 2.31. The van der Waals surface area contributed by atoms with E-state index < -0.39 is 60.2 Å². The quantitative estimate of drug-likeness (QED) is 0.148. The van der Waals surface area contributed by atoms with Gasteiger partial charge >= 0.3 is 11.9 Å². The highest BCUT2D eigenvalue weighted by atomic mass is 32.2. The first-order valence-electron chi connectivity index (χ1n) is 10.3. The molecule has 188 valence electrons. The third kappa shape index (κ3) is 10.4. The number of rotatable bonds is 15. The molecule has 0 aliphatic carbocycles. The zero-order chi connectivity index (χ0) is 25.7. The Morgan fingerprint density at radius 1 is 0.941 bits per heavy atom. The number of thioether (sulfide) groups is 1. The zero-order valence-electron chi connectivity index (χ0n) is 18.6. The summed E-state index contributed by atoms with van der Waals surface area (Å²) in [4.78, 5) is 60.7. The van der Waals surface area contributed by atoms with Crippen LogP contribution in [0.1, 0.15) is 18.4 Å². The number of nitrogens with two attached hydrogens (primary N) is 1. The lowest BCUT2D eigenvalue weighted by Crippen LogP contribution is -2.58. The molecular weight excluding hydrogens is 484 g/mol. The minimum absolute atomic E-state index is 0.0299. The van der Waals surface area contributed by atoms with E-state index in [0.29, 0.717) is 11.3 Å². The van der Waals surface area contributed by atoms with Crippen LogP contribution in [0.2, 0.25) is 0 Å². The molecule has 0 aliphatic rings. The number of hydrogen-bond acceptors (Lipinski definition) is 8. The van der Waals surface area contributed by atoms with Gasteiger partial charge in [0, 0.05) is 12.2 Å². The molecular formula is C21H30N4O7S2. The monoisotopic (exact) mass is 514 g/mol. The zero-order valence-corrected chi connectivity index (χ0v) is 20.3. The Balaban J connectivity index is 3.06. The largest absolute Gasteiger partial charge is 0.481 e. The average Bonchev–Trinajstić information content (AvgIpc) is 2.80. The summed E-state index contributed by atoms with van der Waals surface area (Å²) in [5.41, 5.74) is 6.38. The van der Waals surface area contributed by atoms with Crippen molar-refractivity contribution < 1.29 is 34.2 Å². The number of aliphatic carboxylic acids is 2. The summed E-state index contributed by atoms with van der Waals surface area (Å²) in [5, 5.41) is 25.6. The molecule has 0 saturated heterocycles. The molecule has 13 heteroatoms. The maximum Gasteiger partial charge on any atom is 0.326 e. The molecule has 1 aromatic carbocycles. The Kier molecular flexibility index (Phi) is 13.1. The molecule has 0 fully saturated rings. The molecule has 1 aromatic rings. The summed E-state index contributed by atoms with van der Waals surface area (Å²) in [6, 6.07) is 3.76. The topological polar surface area (TPSA) is 188 Å². The first-order chi connectivity index (χ1) is 16.1. The van der Waals surface area contributed by atoms with Gasteiger partial charge in [0.15, 0.2) is 0 Å². The van der Waals surface area contributed by atoms with E-state index in [0.717, 1.165) is 0 Å². The first-order valence-corrected chi connectivity index (χ1v) is 12.4. The van der Waals surface area contributed by atoms with Gasteiger partial charge in [0.1, 0.15) is 18.1 Å². The van der Waals surface area contributed by atoms with Gasteiger partial charge in [-0.3, -0.25) is 19.2 Å². The smallest absolute Gasteiger partial charge is 0.326 e. The fourth-order valence-electron chi connectivity index (χ4n) is 2.84. The summed E-state index contributed by atoms with van der Waals surface area (Å²) in [5.74, 6) is -4.60. The molecule has 4 unspecified atom stereocenters. The van der Waals surface area contributed by atoms with E-state index in [2.05, 4.69) is 28.6 Å². The molecule has 1 rings (SSSR count). The molecule has 0 saturated carbocycles. The van der Waals surface area contributed by atoms with Crippen LogP contribution >= 0.6 is 24.4 Å². The van der Waals surface area contributed by atoms with Crippen molar-refractivity contribution in [3.8, 4) is 0 Å². The number of carbonyl (C=O) groups is 5. The van der Waals surface area contributed by atoms with Gasteiger partial charge in [-0.25, -0.2) is 4.79 Å². The van der Waals surface area contributed by atoms with Crippen molar-refractivity contribution in [3.63, 3.8) is 0 Å². The van der Waals surface area contributed by atoms with Gasteiger partial charge in [-0.05, 0) is 24.0 Å². The van der Waals surface area contributed by atoms with E-state index in [1.54, 1.807) is 36.6 Å². The molecule has 3 amide bonds. The molecule has 0 aliphatic heterocycles. The van der Waals surface area contributed by atoms with Crippen LogP contribution in [0.15, 0.2) is 30.3 Å². The Hall–Kier alpha value is -2.77. The van der Waals surface area contributed by atoms with Gasteiger partial charge in [-0.15, -0.1) is 0 Å². The minimum Gasteiger partial charge on any atom is -0.481 e.